The van der Waals surface area contributed by atoms with E-state index in [1.54, 1.807) is 0 Å². The van der Waals surface area contributed by atoms with Crippen molar-refractivity contribution in [1.82, 2.24) is 0 Å². The van der Waals surface area contributed by atoms with Crippen LogP contribution < -0.4 is 0 Å². The minimum Gasteiger partial charge on any atom is -0.481 e. The van der Waals surface area contributed by atoms with Crippen molar-refractivity contribution >= 4 is 19.7 Å². The van der Waals surface area contributed by atoms with Gasteiger partial charge >= 0.3 is 19.7 Å². The second-order valence-corrected chi connectivity index (χ2v) is 9.42. The summed E-state index contributed by atoms with van der Waals surface area (Å²) in [5, 5.41) is 16.4. The fourth-order valence-electron chi connectivity index (χ4n) is 2.37. The van der Waals surface area contributed by atoms with Gasteiger partial charge in [0.15, 0.2) is 10.3 Å². The van der Waals surface area contributed by atoms with Gasteiger partial charge in [0.25, 0.3) is 0 Å². The molecule has 0 fully saturated rings. The maximum absolute atomic E-state index is 12.7. The molecule has 0 heterocycles. The molecule has 6 heteroatoms. The quantitative estimate of drug-likeness (QED) is 0.597. The summed E-state index contributed by atoms with van der Waals surface area (Å²) in [5.74, 6) is -1.67. The van der Waals surface area contributed by atoms with E-state index >= 15 is 0 Å². The van der Waals surface area contributed by atoms with Gasteiger partial charge in [-0.25, -0.2) is 0 Å². The molecular formula is C14H26O5P+. The first kappa shape index (κ1) is 19.0. The molecule has 0 unspecified atom stereocenters. The largest absolute Gasteiger partial charge is 0.481 e. The van der Waals surface area contributed by atoms with Crippen LogP contribution in [0.1, 0.15) is 66.2 Å². The van der Waals surface area contributed by atoms with Gasteiger partial charge < -0.3 is 10.2 Å². The molecule has 0 saturated heterocycles. The molecule has 2 N–H and O–H groups in total. The lowest BCUT2D eigenvalue weighted by molar-refractivity contribution is -0.138. The Hall–Kier alpha value is -0.960. The van der Waals surface area contributed by atoms with Crippen LogP contribution >= 0.6 is 7.80 Å². The smallest absolute Gasteiger partial charge is 0.350 e. The zero-order chi connectivity index (χ0) is 16.0. The Bertz CT molecular complexity index is 340. The van der Waals surface area contributed by atoms with Crippen LogP contribution in [0.25, 0.3) is 0 Å². The van der Waals surface area contributed by atoms with E-state index in [0.29, 0.717) is 25.7 Å². The van der Waals surface area contributed by atoms with Gasteiger partial charge in [0.2, 0.25) is 0 Å². The van der Waals surface area contributed by atoms with E-state index in [0.717, 1.165) is 0 Å². The third-order valence-corrected chi connectivity index (χ3v) is 6.10. The SMILES string of the molecule is CC(C)(CCCC(=O)O)[P+](=O)C(C)(C)CCCC(=O)O. The molecule has 0 aromatic carbocycles. The van der Waals surface area contributed by atoms with Gasteiger partial charge in [-0.3, -0.25) is 9.59 Å². The van der Waals surface area contributed by atoms with Crippen molar-refractivity contribution < 1.29 is 24.4 Å². The van der Waals surface area contributed by atoms with Gasteiger partial charge in [0, 0.05) is 12.8 Å². The monoisotopic (exact) mass is 305 g/mol. The van der Waals surface area contributed by atoms with Gasteiger partial charge in [0.05, 0.1) is 0 Å². The van der Waals surface area contributed by atoms with Gasteiger partial charge in [-0.15, -0.1) is 0 Å². The number of aliphatic carboxylic acids is 2. The predicted octanol–water partition coefficient (Wildman–Crippen LogP) is 3.88. The molecule has 0 radical (unpaired) electrons. The molecule has 0 aliphatic heterocycles. The van der Waals surface area contributed by atoms with Crippen LogP contribution in [0, 0.1) is 0 Å². The number of carbonyl (C=O) groups is 2. The van der Waals surface area contributed by atoms with Gasteiger partial charge in [-0.05, 0) is 53.4 Å². The highest BCUT2D eigenvalue weighted by Gasteiger charge is 2.50. The average Bonchev–Trinajstić information content (AvgIpc) is 2.26. The molecule has 0 amide bonds. The Labute approximate surface area is 121 Å². The molecule has 0 saturated carbocycles. The van der Waals surface area contributed by atoms with Crippen molar-refractivity contribution in [2.24, 2.45) is 0 Å². The summed E-state index contributed by atoms with van der Waals surface area (Å²) in [6.45, 7) is 7.58. The minimum atomic E-state index is -1.56. The van der Waals surface area contributed by atoms with Crippen LogP contribution in [0.4, 0.5) is 0 Å². The van der Waals surface area contributed by atoms with Crippen molar-refractivity contribution in [3.8, 4) is 0 Å². The second-order valence-electron chi connectivity index (χ2n) is 6.41. The van der Waals surface area contributed by atoms with Crippen LogP contribution in [-0.2, 0) is 14.2 Å². The van der Waals surface area contributed by atoms with Crippen molar-refractivity contribution in [1.29, 1.82) is 0 Å². The number of hydrogen-bond acceptors (Lipinski definition) is 3. The summed E-state index contributed by atoms with van der Waals surface area (Å²) in [6, 6.07) is 0. The van der Waals surface area contributed by atoms with Crippen molar-refractivity contribution in [3.63, 3.8) is 0 Å². The Morgan fingerprint density at radius 2 is 1.15 bits per heavy atom. The molecule has 5 nitrogen and oxygen atoms in total. The summed E-state index contributed by atoms with van der Waals surface area (Å²) in [4.78, 5) is 21.1. The standard InChI is InChI=1S/C14H25O5P/c1-13(2,9-5-7-11(15)16)20(19)14(3,4)10-6-8-12(17)18/h5-10H2,1-4H3,(H-,15,16,17,18)/p+1. The van der Waals surface area contributed by atoms with E-state index in [1.807, 2.05) is 27.7 Å². The third-order valence-electron chi connectivity index (χ3n) is 3.46. The molecule has 0 aliphatic carbocycles. The fourth-order valence-corrected chi connectivity index (χ4v) is 4.73. The Morgan fingerprint density at radius 3 is 1.40 bits per heavy atom. The zero-order valence-corrected chi connectivity index (χ0v) is 13.7. The van der Waals surface area contributed by atoms with Crippen LogP contribution in [0.2, 0.25) is 0 Å². The lowest BCUT2D eigenvalue weighted by Gasteiger charge is -2.22. The van der Waals surface area contributed by atoms with Gasteiger partial charge in [0.1, 0.15) is 0 Å². The average molecular weight is 305 g/mol. The molecule has 20 heavy (non-hydrogen) atoms. The highest BCUT2D eigenvalue weighted by Crippen LogP contribution is 2.54. The van der Waals surface area contributed by atoms with E-state index in [2.05, 4.69) is 0 Å². The maximum atomic E-state index is 12.7. The number of carboxylic acid groups (broad SMARTS) is 2. The molecule has 0 aromatic rings. The lowest BCUT2D eigenvalue weighted by atomic mass is 10.0. The molecule has 0 spiro atoms. The Balaban J connectivity index is 4.50. The van der Waals surface area contributed by atoms with Crippen molar-refractivity contribution in [2.75, 3.05) is 0 Å². The molecule has 0 aromatic heterocycles. The first-order chi connectivity index (χ1) is 8.99. The molecule has 0 aliphatic rings. The molecule has 0 bridgehead atoms. The number of carboxylic acids is 2. The van der Waals surface area contributed by atoms with Crippen LogP contribution in [0.3, 0.4) is 0 Å². The molecule has 0 atom stereocenters. The summed E-state index contributed by atoms with van der Waals surface area (Å²) >= 11 is 0. The summed E-state index contributed by atoms with van der Waals surface area (Å²) in [5.41, 5.74) is 0. The third kappa shape index (κ3) is 6.99. The van der Waals surface area contributed by atoms with Crippen LogP contribution in [0.15, 0.2) is 0 Å². The van der Waals surface area contributed by atoms with Gasteiger partial charge in [-0.2, -0.15) is 0 Å². The van der Waals surface area contributed by atoms with E-state index in [-0.39, 0.29) is 12.8 Å². The highest BCUT2D eigenvalue weighted by atomic mass is 31.1. The number of hydrogen-bond donors (Lipinski definition) is 2. The normalized spacial score (nSPS) is 12.2. The highest BCUT2D eigenvalue weighted by molar-refractivity contribution is 7.48. The molecule has 0 rings (SSSR count). The van der Waals surface area contributed by atoms with Crippen molar-refractivity contribution in [3.05, 3.63) is 0 Å². The Morgan fingerprint density at radius 1 is 0.850 bits per heavy atom. The minimum absolute atomic E-state index is 0.0893. The van der Waals surface area contributed by atoms with E-state index in [1.165, 1.54) is 0 Å². The van der Waals surface area contributed by atoms with E-state index in [4.69, 9.17) is 10.2 Å². The molecular weight excluding hydrogens is 279 g/mol. The van der Waals surface area contributed by atoms with E-state index < -0.39 is 30.1 Å². The molecule has 116 valence electrons. The first-order valence-electron chi connectivity index (χ1n) is 6.90. The summed E-state index contributed by atoms with van der Waals surface area (Å²) in [7, 11) is -1.56. The van der Waals surface area contributed by atoms with E-state index in [9.17, 15) is 14.2 Å². The summed E-state index contributed by atoms with van der Waals surface area (Å²) in [6.07, 6.45) is 2.38. The van der Waals surface area contributed by atoms with Crippen LogP contribution in [-0.4, -0.2) is 32.5 Å². The number of rotatable bonds is 10. The Kier molecular flexibility index (Phi) is 7.35. The van der Waals surface area contributed by atoms with Gasteiger partial charge in [-0.1, -0.05) is 4.57 Å². The first-order valence-corrected chi connectivity index (χ1v) is 8.16. The lowest BCUT2D eigenvalue weighted by Crippen LogP contribution is -2.26. The second kappa shape index (κ2) is 7.72. The van der Waals surface area contributed by atoms with Crippen LogP contribution in [0.5, 0.6) is 0 Å². The fraction of sp³-hybridized carbons (Fsp3) is 0.857. The van der Waals surface area contributed by atoms with Crippen molar-refractivity contribution in [2.45, 2.75) is 76.5 Å². The zero-order valence-electron chi connectivity index (χ0n) is 12.8. The maximum Gasteiger partial charge on any atom is 0.350 e. The topological polar surface area (TPSA) is 91.7 Å². The predicted molar refractivity (Wildman–Crippen MR) is 78.7 cm³/mol. The summed E-state index contributed by atoms with van der Waals surface area (Å²) < 4.78 is 12.7.